The monoisotopic (exact) mass is 432 g/mol. The smallest absolute Gasteiger partial charge is 0.248 e. The second kappa shape index (κ2) is 8.01. The van der Waals surface area contributed by atoms with Crippen molar-refractivity contribution in [3.05, 3.63) is 64.7 Å². The summed E-state index contributed by atoms with van der Waals surface area (Å²) in [5.74, 6) is 1.13. The molecule has 1 unspecified atom stereocenters. The fraction of sp³-hybridized carbons (Fsp3) is 0.385. The minimum absolute atomic E-state index is 0.0108. The predicted octanol–water partition coefficient (Wildman–Crippen LogP) is 3.99. The van der Waals surface area contributed by atoms with E-state index in [1.165, 1.54) is 18.4 Å². The molecule has 2 aromatic carbocycles. The minimum Gasteiger partial charge on any atom is -0.486 e. The summed E-state index contributed by atoms with van der Waals surface area (Å²) in [6.07, 6.45) is 7.92. The van der Waals surface area contributed by atoms with E-state index in [9.17, 15) is 9.59 Å². The molecular weight excluding hydrogens is 404 g/mol. The van der Waals surface area contributed by atoms with Gasteiger partial charge in [-0.15, -0.1) is 0 Å². The van der Waals surface area contributed by atoms with Crippen LogP contribution in [0.4, 0.5) is 0 Å². The summed E-state index contributed by atoms with van der Waals surface area (Å²) in [6.45, 7) is 3.92. The average Bonchev–Trinajstić information content (AvgIpc) is 3.28. The Morgan fingerprint density at radius 1 is 1.06 bits per heavy atom. The number of ether oxygens (including phenoxy) is 2. The summed E-state index contributed by atoms with van der Waals surface area (Å²) >= 11 is 0. The molecule has 6 heteroatoms. The maximum Gasteiger partial charge on any atom is 0.248 e. The molecule has 2 N–H and O–H groups in total. The number of rotatable bonds is 3. The fourth-order valence-electron chi connectivity index (χ4n) is 5.40. The zero-order valence-electron chi connectivity index (χ0n) is 18.3. The normalized spacial score (nSPS) is 21.0. The number of carbonyl (C=O) groups excluding carboxylic acids is 2. The van der Waals surface area contributed by atoms with Crippen LogP contribution in [0.15, 0.2) is 42.5 Å². The summed E-state index contributed by atoms with van der Waals surface area (Å²) in [6, 6.07) is 11.1. The molecule has 1 aliphatic carbocycles. The van der Waals surface area contributed by atoms with Crippen molar-refractivity contribution in [3.8, 4) is 11.5 Å². The molecule has 0 saturated heterocycles. The Kier molecular flexibility index (Phi) is 5.16. The maximum absolute atomic E-state index is 13.3. The number of fused-ring (bicyclic) bond motifs is 3. The molecule has 1 fully saturated rings. The van der Waals surface area contributed by atoms with E-state index in [0.29, 0.717) is 25.3 Å². The average molecular weight is 433 g/mol. The minimum atomic E-state index is -0.462. The largest absolute Gasteiger partial charge is 0.486 e. The van der Waals surface area contributed by atoms with Gasteiger partial charge in [0.15, 0.2) is 11.5 Å². The Labute approximate surface area is 188 Å². The molecule has 1 spiro atoms. The first-order chi connectivity index (χ1) is 15.5. The van der Waals surface area contributed by atoms with Crippen molar-refractivity contribution in [1.29, 1.82) is 0 Å². The van der Waals surface area contributed by atoms with Crippen LogP contribution < -0.4 is 15.2 Å². The lowest BCUT2D eigenvalue weighted by atomic mass is 9.71. The van der Waals surface area contributed by atoms with Gasteiger partial charge in [0.05, 0.1) is 6.04 Å². The molecule has 3 aliphatic rings. The van der Waals surface area contributed by atoms with Crippen molar-refractivity contribution in [2.24, 2.45) is 5.73 Å². The van der Waals surface area contributed by atoms with Crippen LogP contribution in [0.25, 0.3) is 6.08 Å². The Hall–Kier alpha value is -3.28. The predicted molar refractivity (Wildman–Crippen MR) is 122 cm³/mol. The number of primary amides is 1. The van der Waals surface area contributed by atoms with Gasteiger partial charge in [-0.05, 0) is 66.8 Å². The molecule has 1 atom stereocenters. The van der Waals surface area contributed by atoms with Crippen LogP contribution in [0.2, 0.25) is 0 Å². The van der Waals surface area contributed by atoms with Gasteiger partial charge >= 0.3 is 0 Å². The summed E-state index contributed by atoms with van der Waals surface area (Å²) < 4.78 is 11.7. The van der Waals surface area contributed by atoms with Gasteiger partial charge in [-0.3, -0.25) is 9.59 Å². The fourth-order valence-corrected chi connectivity index (χ4v) is 5.40. The third-order valence-corrected chi connectivity index (χ3v) is 7.13. The first-order valence-electron chi connectivity index (χ1n) is 11.3. The zero-order chi connectivity index (χ0) is 22.3. The van der Waals surface area contributed by atoms with Crippen LogP contribution in [0.3, 0.4) is 0 Å². The molecule has 0 aromatic heterocycles. The molecule has 5 rings (SSSR count). The Morgan fingerprint density at radius 2 is 1.72 bits per heavy atom. The lowest BCUT2D eigenvalue weighted by Crippen LogP contribution is -2.48. The van der Waals surface area contributed by atoms with E-state index >= 15 is 0 Å². The summed E-state index contributed by atoms with van der Waals surface area (Å²) in [4.78, 5) is 26.5. The van der Waals surface area contributed by atoms with Gasteiger partial charge in [0, 0.05) is 23.6 Å². The van der Waals surface area contributed by atoms with E-state index in [0.717, 1.165) is 35.5 Å². The lowest BCUT2D eigenvalue weighted by molar-refractivity contribution is -0.129. The highest BCUT2D eigenvalue weighted by Gasteiger charge is 2.46. The van der Waals surface area contributed by atoms with Crippen molar-refractivity contribution < 1.29 is 19.1 Å². The Balaban J connectivity index is 1.45. The SMILES string of the molecule is CC1c2cc3c(cc2C2(CCCC2)CN1C(=O)/C=C/c1ccc(C(N)=O)cc1)OCCO3. The number of hydrogen-bond acceptors (Lipinski definition) is 4. The standard InChI is InChI=1S/C26H28N2O4/c1-17-20-14-22-23(32-13-12-31-22)15-21(20)26(10-2-3-11-26)16-28(17)24(29)9-6-18-4-7-19(8-5-18)25(27)30/h4-9,14-15,17H,2-3,10-13,16H2,1H3,(H2,27,30)/b9-6+. The first-order valence-corrected chi connectivity index (χ1v) is 11.3. The van der Waals surface area contributed by atoms with Gasteiger partial charge in [-0.1, -0.05) is 25.0 Å². The van der Waals surface area contributed by atoms with Crippen LogP contribution in [-0.2, 0) is 10.2 Å². The quantitative estimate of drug-likeness (QED) is 0.744. The Morgan fingerprint density at radius 3 is 2.38 bits per heavy atom. The molecule has 0 radical (unpaired) electrons. The molecule has 166 valence electrons. The van der Waals surface area contributed by atoms with Crippen LogP contribution in [-0.4, -0.2) is 36.5 Å². The lowest BCUT2D eigenvalue weighted by Gasteiger charge is -2.46. The van der Waals surface area contributed by atoms with Crippen molar-refractivity contribution in [2.45, 2.75) is 44.1 Å². The van der Waals surface area contributed by atoms with Crippen LogP contribution in [0, 0.1) is 0 Å². The van der Waals surface area contributed by atoms with Crippen molar-refractivity contribution >= 4 is 17.9 Å². The molecule has 0 bridgehead atoms. The summed E-state index contributed by atoms with van der Waals surface area (Å²) in [5.41, 5.74) is 9.06. The molecule has 32 heavy (non-hydrogen) atoms. The third-order valence-electron chi connectivity index (χ3n) is 7.13. The van der Waals surface area contributed by atoms with Crippen molar-refractivity contribution in [2.75, 3.05) is 19.8 Å². The number of carbonyl (C=O) groups is 2. The van der Waals surface area contributed by atoms with Crippen molar-refractivity contribution in [1.82, 2.24) is 4.90 Å². The molecule has 1 saturated carbocycles. The van der Waals surface area contributed by atoms with Gasteiger partial charge < -0.3 is 20.1 Å². The number of hydrogen-bond donors (Lipinski definition) is 1. The topological polar surface area (TPSA) is 81.9 Å². The van der Waals surface area contributed by atoms with Gasteiger partial charge in [-0.25, -0.2) is 0 Å². The van der Waals surface area contributed by atoms with Crippen molar-refractivity contribution in [3.63, 3.8) is 0 Å². The summed E-state index contributed by atoms with van der Waals surface area (Å²) in [7, 11) is 0. The van der Waals surface area contributed by atoms with E-state index in [1.54, 1.807) is 36.4 Å². The van der Waals surface area contributed by atoms with Crippen LogP contribution >= 0.6 is 0 Å². The third kappa shape index (κ3) is 3.53. The number of benzene rings is 2. The van der Waals surface area contributed by atoms with Gasteiger partial charge in [0.25, 0.3) is 0 Å². The number of nitrogens with two attached hydrogens (primary N) is 1. The highest BCUT2D eigenvalue weighted by Crippen LogP contribution is 2.51. The molecular formula is C26H28N2O4. The highest BCUT2D eigenvalue weighted by atomic mass is 16.6. The summed E-state index contributed by atoms with van der Waals surface area (Å²) in [5, 5.41) is 0. The molecule has 2 aromatic rings. The Bertz CT molecular complexity index is 1080. The number of amides is 2. The van der Waals surface area contributed by atoms with E-state index in [4.69, 9.17) is 15.2 Å². The van der Waals surface area contributed by atoms with Gasteiger partial charge in [0.2, 0.25) is 11.8 Å². The van der Waals surface area contributed by atoms with Gasteiger partial charge in [0.1, 0.15) is 13.2 Å². The van der Waals surface area contributed by atoms with E-state index in [1.807, 2.05) is 4.90 Å². The molecule has 2 heterocycles. The van der Waals surface area contributed by atoms with Crippen LogP contribution in [0.5, 0.6) is 11.5 Å². The molecule has 2 amide bonds. The van der Waals surface area contributed by atoms with E-state index in [2.05, 4.69) is 19.1 Å². The van der Waals surface area contributed by atoms with E-state index in [-0.39, 0.29) is 17.4 Å². The molecule has 6 nitrogen and oxygen atoms in total. The van der Waals surface area contributed by atoms with Crippen LogP contribution in [0.1, 0.15) is 65.7 Å². The van der Waals surface area contributed by atoms with E-state index < -0.39 is 5.91 Å². The first kappa shape index (κ1) is 20.6. The number of nitrogens with zero attached hydrogens (tertiary/aromatic N) is 1. The second-order valence-corrected chi connectivity index (χ2v) is 9.03. The second-order valence-electron chi connectivity index (χ2n) is 9.03. The van der Waals surface area contributed by atoms with Gasteiger partial charge in [-0.2, -0.15) is 0 Å². The molecule has 2 aliphatic heterocycles. The highest BCUT2D eigenvalue weighted by molar-refractivity contribution is 5.94. The maximum atomic E-state index is 13.3. The zero-order valence-corrected chi connectivity index (χ0v) is 18.3.